The van der Waals surface area contributed by atoms with Crippen molar-refractivity contribution in [2.45, 2.75) is 73.4 Å². The van der Waals surface area contributed by atoms with Crippen molar-refractivity contribution in [2.75, 3.05) is 0 Å². The van der Waals surface area contributed by atoms with Gasteiger partial charge in [0, 0.05) is 24.7 Å². The molecule has 1 heterocycles. The molecule has 0 spiro atoms. The Balaban J connectivity index is 2.31. The van der Waals surface area contributed by atoms with Crippen LogP contribution in [0, 0.1) is 33.6 Å². The van der Waals surface area contributed by atoms with Crippen LogP contribution in [0.2, 0.25) is 0 Å². The topological polar surface area (TPSA) is 101 Å². The number of carboxylic acids is 1. The van der Waals surface area contributed by atoms with E-state index in [1.165, 1.54) is 16.8 Å². The average molecular weight is 506 g/mol. The molecule has 0 radical (unpaired) electrons. The van der Waals surface area contributed by atoms with Crippen LogP contribution < -0.4 is 10.9 Å². The second kappa shape index (κ2) is 13.0. The van der Waals surface area contributed by atoms with E-state index in [1.54, 1.807) is 12.4 Å². The third kappa shape index (κ3) is 8.13. The smallest absolute Gasteiger partial charge is 0.305 e. The van der Waals surface area contributed by atoms with E-state index in [0.29, 0.717) is 12.0 Å². The first kappa shape index (κ1) is 29.5. The normalized spacial score (nSPS) is 13.6. The lowest BCUT2D eigenvalue weighted by Crippen LogP contribution is -2.44. The summed E-state index contributed by atoms with van der Waals surface area (Å²) in [5, 5.41) is 12.3. The fraction of sp³-hybridized carbons (Fsp3) is 0.400. The van der Waals surface area contributed by atoms with Gasteiger partial charge in [0.15, 0.2) is 0 Å². The van der Waals surface area contributed by atoms with Crippen LogP contribution in [0.1, 0.15) is 67.5 Å². The van der Waals surface area contributed by atoms with Gasteiger partial charge in [-0.25, -0.2) is 0 Å². The summed E-state index contributed by atoms with van der Waals surface area (Å²) in [6.45, 7) is 17.7. The Morgan fingerprint density at radius 3 is 2.30 bits per heavy atom. The Hall–Kier alpha value is -3.74. The van der Waals surface area contributed by atoms with Crippen LogP contribution in [0.4, 0.5) is 0 Å². The number of hydrogen-bond donors (Lipinski definition) is 2. The van der Waals surface area contributed by atoms with Gasteiger partial charge >= 0.3 is 5.97 Å². The summed E-state index contributed by atoms with van der Waals surface area (Å²) in [7, 11) is 0. The SMILES string of the molecule is C=C(/C=N\C=C(/C)c1c(C)cccc1C)[C@@H](CC(=O)O)NC(=O)C(CC(C)C)n1cc(C)c(C)cc1=O. The molecule has 2 rings (SSSR count). The number of aliphatic imine (C=N–C) groups is 1. The second-order valence-electron chi connectivity index (χ2n) is 10.1. The molecular weight excluding hydrogens is 466 g/mol. The molecule has 198 valence electrons. The highest BCUT2D eigenvalue weighted by Crippen LogP contribution is 2.23. The lowest BCUT2D eigenvalue weighted by molar-refractivity contribution is -0.137. The van der Waals surface area contributed by atoms with Gasteiger partial charge in [-0.05, 0) is 85.9 Å². The number of benzene rings is 1. The number of carbonyl (C=O) groups is 2. The maximum absolute atomic E-state index is 13.4. The molecule has 0 aliphatic rings. The van der Waals surface area contributed by atoms with E-state index in [0.717, 1.165) is 33.4 Å². The Bertz CT molecular complexity index is 1260. The Morgan fingerprint density at radius 1 is 1.11 bits per heavy atom. The van der Waals surface area contributed by atoms with Gasteiger partial charge in [-0.3, -0.25) is 19.4 Å². The van der Waals surface area contributed by atoms with Gasteiger partial charge in [-0.2, -0.15) is 0 Å². The number of amides is 1. The molecular formula is C30H39N3O4. The molecule has 7 heteroatoms. The van der Waals surface area contributed by atoms with E-state index in [4.69, 9.17) is 0 Å². The zero-order valence-corrected chi connectivity index (χ0v) is 23.0. The van der Waals surface area contributed by atoms with E-state index < -0.39 is 24.0 Å². The number of carboxylic acid groups (broad SMARTS) is 1. The molecule has 37 heavy (non-hydrogen) atoms. The lowest BCUT2D eigenvalue weighted by Gasteiger charge is -2.25. The van der Waals surface area contributed by atoms with Crippen molar-refractivity contribution in [3.8, 4) is 0 Å². The van der Waals surface area contributed by atoms with Gasteiger partial charge < -0.3 is 15.0 Å². The first-order chi connectivity index (χ1) is 17.3. The minimum absolute atomic E-state index is 0.130. The largest absolute Gasteiger partial charge is 0.481 e. The van der Waals surface area contributed by atoms with Crippen molar-refractivity contribution < 1.29 is 14.7 Å². The van der Waals surface area contributed by atoms with Gasteiger partial charge in [0.2, 0.25) is 5.91 Å². The molecule has 0 saturated heterocycles. The molecule has 1 unspecified atom stereocenters. The van der Waals surface area contributed by atoms with E-state index >= 15 is 0 Å². The van der Waals surface area contributed by atoms with Gasteiger partial charge in [-0.15, -0.1) is 0 Å². The van der Waals surface area contributed by atoms with E-state index in [-0.39, 0.29) is 17.9 Å². The molecule has 0 bridgehead atoms. The number of rotatable bonds is 11. The van der Waals surface area contributed by atoms with Crippen LogP contribution in [-0.4, -0.2) is 33.8 Å². The molecule has 1 aromatic heterocycles. The highest BCUT2D eigenvalue weighted by atomic mass is 16.4. The summed E-state index contributed by atoms with van der Waals surface area (Å²) in [5.41, 5.74) is 6.17. The number of aliphatic carboxylic acids is 1. The monoisotopic (exact) mass is 505 g/mol. The number of nitrogens with zero attached hydrogens (tertiary/aromatic N) is 2. The van der Waals surface area contributed by atoms with Crippen molar-refractivity contribution >= 4 is 23.7 Å². The molecule has 1 amide bonds. The minimum Gasteiger partial charge on any atom is -0.481 e. The predicted molar refractivity (Wildman–Crippen MR) is 150 cm³/mol. The first-order valence-electron chi connectivity index (χ1n) is 12.5. The van der Waals surface area contributed by atoms with Crippen LogP contribution in [0.5, 0.6) is 0 Å². The van der Waals surface area contributed by atoms with Crippen molar-refractivity contribution in [1.29, 1.82) is 0 Å². The number of hydrogen-bond acceptors (Lipinski definition) is 4. The molecule has 2 N–H and O–H groups in total. The van der Waals surface area contributed by atoms with Crippen LogP contribution >= 0.6 is 0 Å². The third-order valence-electron chi connectivity index (χ3n) is 6.41. The number of carbonyl (C=O) groups excluding carboxylic acids is 1. The predicted octanol–water partition coefficient (Wildman–Crippen LogP) is 5.32. The van der Waals surface area contributed by atoms with Crippen molar-refractivity contribution in [1.82, 2.24) is 9.88 Å². The van der Waals surface area contributed by atoms with E-state index in [2.05, 4.69) is 16.9 Å². The summed E-state index contributed by atoms with van der Waals surface area (Å²) >= 11 is 0. The van der Waals surface area contributed by atoms with Crippen molar-refractivity contribution in [3.63, 3.8) is 0 Å². The number of allylic oxidation sites excluding steroid dienone is 1. The zero-order chi connectivity index (χ0) is 27.9. The summed E-state index contributed by atoms with van der Waals surface area (Å²) in [6, 6.07) is 5.94. The van der Waals surface area contributed by atoms with Crippen molar-refractivity contribution in [3.05, 3.63) is 87.0 Å². The average Bonchev–Trinajstić information content (AvgIpc) is 2.79. The van der Waals surface area contributed by atoms with Gasteiger partial charge in [-0.1, -0.05) is 38.6 Å². The fourth-order valence-corrected chi connectivity index (χ4v) is 4.34. The molecule has 2 atom stereocenters. The number of pyridine rings is 1. The highest BCUT2D eigenvalue weighted by molar-refractivity contribution is 5.87. The molecule has 0 aliphatic heterocycles. The van der Waals surface area contributed by atoms with Crippen molar-refractivity contribution in [2.24, 2.45) is 10.9 Å². The third-order valence-corrected chi connectivity index (χ3v) is 6.41. The molecule has 0 fully saturated rings. The summed E-state index contributed by atoms with van der Waals surface area (Å²) in [4.78, 5) is 42.1. The number of nitrogens with one attached hydrogen (secondary N) is 1. The van der Waals surface area contributed by atoms with Crippen LogP contribution in [-0.2, 0) is 9.59 Å². The Labute approximate surface area is 219 Å². The summed E-state index contributed by atoms with van der Waals surface area (Å²) in [6.07, 6.45) is 4.94. The standard InChI is InChI=1S/C30H39N3O4/c1-18(2)12-26(33-17-24(8)21(5)13-27(33)34)30(37)32-25(14-28(35)36)22(6)15-31-16-23(7)29-19(3)10-9-11-20(29)4/h9-11,13,15-18,25-26H,6,12,14H2,1-5,7-8H3,(H,32,37)(H,35,36)/b23-16+,31-15-/t25-,26?/m1/s1. The maximum atomic E-state index is 13.4. The fourth-order valence-electron chi connectivity index (χ4n) is 4.34. The Morgan fingerprint density at radius 2 is 1.73 bits per heavy atom. The van der Waals surface area contributed by atoms with Crippen LogP contribution in [0.15, 0.2) is 58.6 Å². The molecule has 7 nitrogen and oxygen atoms in total. The number of aryl methyl sites for hydroxylation is 4. The summed E-state index contributed by atoms with van der Waals surface area (Å²) in [5.74, 6) is -1.38. The molecule has 1 aromatic carbocycles. The minimum atomic E-state index is -1.08. The van der Waals surface area contributed by atoms with Gasteiger partial charge in [0.1, 0.15) is 6.04 Å². The number of aromatic nitrogens is 1. The second-order valence-corrected chi connectivity index (χ2v) is 10.1. The van der Waals surface area contributed by atoms with Gasteiger partial charge in [0.05, 0.1) is 12.5 Å². The molecule has 0 saturated carbocycles. The highest BCUT2D eigenvalue weighted by Gasteiger charge is 2.27. The van der Waals surface area contributed by atoms with Crippen LogP contribution in [0.3, 0.4) is 0 Å². The molecule has 0 aliphatic carbocycles. The summed E-state index contributed by atoms with van der Waals surface area (Å²) < 4.78 is 1.43. The quantitative estimate of drug-likeness (QED) is 0.404. The van der Waals surface area contributed by atoms with E-state index in [9.17, 15) is 19.5 Å². The zero-order valence-electron chi connectivity index (χ0n) is 23.0. The van der Waals surface area contributed by atoms with Crippen LogP contribution in [0.25, 0.3) is 5.57 Å². The molecule has 2 aromatic rings. The maximum Gasteiger partial charge on any atom is 0.305 e. The first-order valence-corrected chi connectivity index (χ1v) is 12.5. The van der Waals surface area contributed by atoms with Gasteiger partial charge in [0.25, 0.3) is 5.56 Å². The van der Waals surface area contributed by atoms with E-state index in [1.807, 2.05) is 66.7 Å². The lowest BCUT2D eigenvalue weighted by atomic mass is 9.97. The Kier molecular flexibility index (Phi) is 10.4.